The Kier molecular flexibility index (Phi) is 2.05. The van der Waals surface area contributed by atoms with E-state index in [-0.39, 0.29) is 0 Å². The lowest BCUT2D eigenvalue weighted by atomic mass is 10.3. The summed E-state index contributed by atoms with van der Waals surface area (Å²) in [6.07, 6.45) is 1.48. The fourth-order valence-corrected chi connectivity index (χ4v) is 0.939. The van der Waals surface area contributed by atoms with Gasteiger partial charge >= 0.3 is 0 Å². The maximum Gasteiger partial charge on any atom is 0.280 e. The van der Waals surface area contributed by atoms with Gasteiger partial charge in [0.2, 0.25) is 0 Å². The van der Waals surface area contributed by atoms with E-state index >= 15 is 0 Å². The van der Waals surface area contributed by atoms with E-state index in [2.05, 4.69) is 0 Å². The fraction of sp³-hybridized carbons (Fsp3) is 1.00. The Balaban J connectivity index is 2.32. The minimum absolute atomic E-state index is 0.497. The molecule has 0 aromatic heterocycles. The van der Waals surface area contributed by atoms with Crippen molar-refractivity contribution in [2.75, 3.05) is 13.2 Å². The molecule has 9 heavy (non-hydrogen) atoms. The van der Waals surface area contributed by atoms with E-state index in [0.717, 1.165) is 6.42 Å². The zero-order chi connectivity index (χ0) is 6.74. The Morgan fingerprint density at radius 2 is 2.56 bits per heavy atom. The standard InChI is InChI=1S/C6H12O3/c1-2-8-6(7)4-3-5-9-6/h7H,2-5H2,1H3/t6-/m1/s1. The summed E-state index contributed by atoms with van der Waals surface area (Å²) in [5.41, 5.74) is 0. The van der Waals surface area contributed by atoms with Gasteiger partial charge in [-0.05, 0) is 13.3 Å². The number of rotatable bonds is 2. The van der Waals surface area contributed by atoms with Crippen LogP contribution in [0, 0.1) is 0 Å². The van der Waals surface area contributed by atoms with Gasteiger partial charge in [0.15, 0.2) is 0 Å². The first-order valence-corrected chi connectivity index (χ1v) is 3.27. The molecular weight excluding hydrogens is 120 g/mol. The van der Waals surface area contributed by atoms with E-state index in [9.17, 15) is 5.11 Å². The summed E-state index contributed by atoms with van der Waals surface area (Å²) in [6, 6.07) is 0. The molecule has 1 N–H and O–H groups in total. The average Bonchev–Trinajstić information content (AvgIpc) is 2.16. The molecule has 0 bridgehead atoms. The first kappa shape index (κ1) is 6.99. The quantitative estimate of drug-likeness (QED) is 0.555. The van der Waals surface area contributed by atoms with Crippen LogP contribution in [-0.4, -0.2) is 24.3 Å². The fourth-order valence-electron chi connectivity index (χ4n) is 0.939. The van der Waals surface area contributed by atoms with Crippen molar-refractivity contribution in [2.24, 2.45) is 0 Å². The Hall–Kier alpha value is -0.120. The van der Waals surface area contributed by atoms with Crippen LogP contribution in [0.1, 0.15) is 19.8 Å². The first-order valence-electron chi connectivity index (χ1n) is 3.27. The molecule has 0 radical (unpaired) electrons. The van der Waals surface area contributed by atoms with Gasteiger partial charge < -0.3 is 14.6 Å². The molecule has 0 unspecified atom stereocenters. The highest BCUT2D eigenvalue weighted by Crippen LogP contribution is 2.23. The third kappa shape index (κ3) is 1.64. The van der Waals surface area contributed by atoms with E-state index < -0.39 is 5.97 Å². The Labute approximate surface area is 54.6 Å². The van der Waals surface area contributed by atoms with Crippen molar-refractivity contribution in [3.8, 4) is 0 Å². The maximum atomic E-state index is 9.25. The number of ether oxygens (including phenoxy) is 2. The molecule has 3 heteroatoms. The number of aliphatic hydroxyl groups is 1. The lowest BCUT2D eigenvalue weighted by Gasteiger charge is -2.19. The Bertz CT molecular complexity index is 86.3. The molecule has 1 saturated heterocycles. The van der Waals surface area contributed by atoms with Crippen LogP contribution in [0.3, 0.4) is 0 Å². The lowest BCUT2D eigenvalue weighted by Crippen LogP contribution is -2.30. The van der Waals surface area contributed by atoms with Crippen LogP contribution in [0.15, 0.2) is 0 Å². The summed E-state index contributed by atoms with van der Waals surface area (Å²) in [5.74, 6) is -1.26. The van der Waals surface area contributed by atoms with Crippen molar-refractivity contribution >= 4 is 0 Å². The molecule has 1 aliphatic heterocycles. The summed E-state index contributed by atoms with van der Waals surface area (Å²) < 4.78 is 9.84. The zero-order valence-corrected chi connectivity index (χ0v) is 5.59. The monoisotopic (exact) mass is 132 g/mol. The van der Waals surface area contributed by atoms with Crippen molar-refractivity contribution in [3.63, 3.8) is 0 Å². The van der Waals surface area contributed by atoms with Crippen molar-refractivity contribution in [2.45, 2.75) is 25.7 Å². The third-order valence-electron chi connectivity index (χ3n) is 1.33. The van der Waals surface area contributed by atoms with E-state index in [4.69, 9.17) is 9.47 Å². The van der Waals surface area contributed by atoms with Gasteiger partial charge in [-0.3, -0.25) is 0 Å². The molecule has 1 atom stereocenters. The minimum Gasteiger partial charge on any atom is -0.343 e. The molecule has 1 aliphatic rings. The second-order valence-electron chi connectivity index (χ2n) is 2.10. The Morgan fingerprint density at radius 3 is 3.00 bits per heavy atom. The van der Waals surface area contributed by atoms with Crippen LogP contribution in [0.2, 0.25) is 0 Å². The van der Waals surface area contributed by atoms with Gasteiger partial charge in [0.25, 0.3) is 5.97 Å². The predicted molar refractivity (Wildman–Crippen MR) is 31.8 cm³/mol. The highest BCUT2D eigenvalue weighted by molar-refractivity contribution is 4.61. The third-order valence-corrected chi connectivity index (χ3v) is 1.33. The number of hydrogen-bond donors (Lipinski definition) is 1. The van der Waals surface area contributed by atoms with Gasteiger partial charge in [0.05, 0.1) is 6.61 Å². The molecule has 1 heterocycles. The Morgan fingerprint density at radius 1 is 1.78 bits per heavy atom. The largest absolute Gasteiger partial charge is 0.343 e. The van der Waals surface area contributed by atoms with E-state index in [1.165, 1.54) is 0 Å². The van der Waals surface area contributed by atoms with E-state index in [0.29, 0.717) is 19.6 Å². The molecule has 0 amide bonds. The van der Waals surface area contributed by atoms with Crippen LogP contribution >= 0.6 is 0 Å². The van der Waals surface area contributed by atoms with Gasteiger partial charge in [0, 0.05) is 13.0 Å². The smallest absolute Gasteiger partial charge is 0.280 e. The first-order chi connectivity index (χ1) is 4.27. The highest BCUT2D eigenvalue weighted by atomic mass is 16.8. The highest BCUT2D eigenvalue weighted by Gasteiger charge is 2.32. The van der Waals surface area contributed by atoms with Gasteiger partial charge in [-0.2, -0.15) is 0 Å². The SMILES string of the molecule is CCO[C@]1(O)CCCO1. The van der Waals surface area contributed by atoms with Gasteiger partial charge in [-0.25, -0.2) is 0 Å². The van der Waals surface area contributed by atoms with Crippen LogP contribution in [-0.2, 0) is 9.47 Å². The van der Waals surface area contributed by atoms with Crippen molar-refractivity contribution in [1.29, 1.82) is 0 Å². The van der Waals surface area contributed by atoms with Gasteiger partial charge in [0.1, 0.15) is 0 Å². The van der Waals surface area contributed by atoms with Crippen molar-refractivity contribution in [1.82, 2.24) is 0 Å². The average molecular weight is 132 g/mol. The molecule has 0 aromatic rings. The predicted octanol–water partition coefficient (Wildman–Crippen LogP) is 0.479. The number of hydrogen-bond acceptors (Lipinski definition) is 3. The molecule has 1 rings (SSSR count). The summed E-state index contributed by atoms with van der Waals surface area (Å²) in [5, 5.41) is 9.25. The molecule has 1 fully saturated rings. The van der Waals surface area contributed by atoms with E-state index in [1.807, 2.05) is 6.92 Å². The minimum atomic E-state index is -1.26. The normalized spacial score (nSPS) is 35.3. The topological polar surface area (TPSA) is 38.7 Å². The lowest BCUT2D eigenvalue weighted by molar-refractivity contribution is -0.336. The maximum absolute atomic E-state index is 9.25. The molecule has 0 aromatic carbocycles. The molecule has 0 aliphatic carbocycles. The summed E-state index contributed by atoms with van der Waals surface area (Å²) in [4.78, 5) is 0. The van der Waals surface area contributed by atoms with E-state index in [1.54, 1.807) is 0 Å². The summed E-state index contributed by atoms with van der Waals surface area (Å²) >= 11 is 0. The molecule has 0 spiro atoms. The van der Waals surface area contributed by atoms with Gasteiger partial charge in [-0.15, -0.1) is 0 Å². The van der Waals surface area contributed by atoms with Crippen LogP contribution < -0.4 is 0 Å². The molecule has 3 nitrogen and oxygen atoms in total. The molecular formula is C6H12O3. The second kappa shape index (κ2) is 2.64. The second-order valence-corrected chi connectivity index (χ2v) is 2.10. The van der Waals surface area contributed by atoms with Gasteiger partial charge in [-0.1, -0.05) is 0 Å². The zero-order valence-electron chi connectivity index (χ0n) is 5.59. The van der Waals surface area contributed by atoms with Crippen molar-refractivity contribution < 1.29 is 14.6 Å². The van der Waals surface area contributed by atoms with Crippen LogP contribution in [0.5, 0.6) is 0 Å². The molecule has 0 saturated carbocycles. The molecule has 54 valence electrons. The van der Waals surface area contributed by atoms with Crippen LogP contribution in [0.25, 0.3) is 0 Å². The van der Waals surface area contributed by atoms with Crippen molar-refractivity contribution in [3.05, 3.63) is 0 Å². The summed E-state index contributed by atoms with van der Waals surface area (Å²) in [6.45, 7) is 2.94. The summed E-state index contributed by atoms with van der Waals surface area (Å²) in [7, 11) is 0. The van der Waals surface area contributed by atoms with Crippen LogP contribution in [0.4, 0.5) is 0 Å².